The van der Waals surface area contributed by atoms with Crippen LogP contribution in [0.3, 0.4) is 0 Å². The molecule has 0 amide bonds. The summed E-state index contributed by atoms with van der Waals surface area (Å²) in [6.07, 6.45) is 0. The van der Waals surface area contributed by atoms with Crippen LogP contribution in [0.15, 0.2) is 28.8 Å². The summed E-state index contributed by atoms with van der Waals surface area (Å²) in [5, 5.41) is 4.05. The largest absolute Gasteiger partial charge is 0.479 e. The summed E-state index contributed by atoms with van der Waals surface area (Å²) < 4.78 is 29.4. The summed E-state index contributed by atoms with van der Waals surface area (Å²) in [7, 11) is 0. The maximum atomic E-state index is 14.1. The van der Waals surface area contributed by atoms with Crippen molar-refractivity contribution >= 4 is 51.7 Å². The van der Waals surface area contributed by atoms with Gasteiger partial charge in [0.05, 0.1) is 17.0 Å². The zero-order chi connectivity index (χ0) is 18.8. The fraction of sp³-hybridized carbons (Fsp3) is 0.176. The van der Waals surface area contributed by atoms with Crippen LogP contribution in [-0.2, 0) is 9.53 Å². The van der Waals surface area contributed by atoms with E-state index in [-0.39, 0.29) is 49.7 Å². The van der Waals surface area contributed by atoms with Gasteiger partial charge in [-0.25, -0.2) is 9.18 Å². The SMILES string of the molecule is CCOC(=O)COc1c(Cl)c(Cl)c2c(-c3ccccc3F)noc2c1Cl. The molecule has 3 rings (SSSR count). The lowest BCUT2D eigenvalue weighted by atomic mass is 10.1. The highest BCUT2D eigenvalue weighted by atomic mass is 35.5. The van der Waals surface area contributed by atoms with Crippen molar-refractivity contribution in [3.8, 4) is 17.0 Å². The lowest BCUT2D eigenvalue weighted by molar-refractivity contribution is -0.145. The molecule has 0 saturated heterocycles. The van der Waals surface area contributed by atoms with Crippen molar-refractivity contribution in [1.82, 2.24) is 5.16 Å². The third-order valence-corrected chi connectivity index (χ3v) is 4.65. The lowest BCUT2D eigenvalue weighted by Gasteiger charge is -2.11. The van der Waals surface area contributed by atoms with Crippen LogP contribution in [0.25, 0.3) is 22.2 Å². The maximum Gasteiger partial charge on any atom is 0.344 e. The number of halogens is 4. The van der Waals surface area contributed by atoms with Gasteiger partial charge in [-0.1, -0.05) is 52.1 Å². The quantitative estimate of drug-likeness (QED) is 0.402. The number of carbonyl (C=O) groups excluding carboxylic acids is 1. The van der Waals surface area contributed by atoms with Crippen LogP contribution < -0.4 is 4.74 Å². The summed E-state index contributed by atoms with van der Waals surface area (Å²) in [5.41, 5.74) is 0.405. The molecule has 3 aromatic rings. The van der Waals surface area contributed by atoms with Gasteiger partial charge < -0.3 is 14.0 Å². The average Bonchev–Trinajstić information content (AvgIpc) is 3.05. The van der Waals surface area contributed by atoms with E-state index in [9.17, 15) is 9.18 Å². The van der Waals surface area contributed by atoms with Gasteiger partial charge in [-0.05, 0) is 19.1 Å². The van der Waals surface area contributed by atoms with E-state index < -0.39 is 18.4 Å². The molecular weight excluding hydrogens is 408 g/mol. The Bertz CT molecular complexity index is 990. The van der Waals surface area contributed by atoms with E-state index >= 15 is 0 Å². The van der Waals surface area contributed by atoms with E-state index in [1.807, 2.05) is 0 Å². The van der Waals surface area contributed by atoms with Crippen LogP contribution in [-0.4, -0.2) is 24.3 Å². The molecule has 2 aromatic carbocycles. The first-order valence-corrected chi connectivity index (χ1v) is 8.58. The summed E-state index contributed by atoms with van der Waals surface area (Å²) >= 11 is 18.8. The summed E-state index contributed by atoms with van der Waals surface area (Å²) in [4.78, 5) is 11.5. The predicted octanol–water partition coefficient (Wildman–Crippen LogP) is 5.54. The molecule has 0 bridgehead atoms. The van der Waals surface area contributed by atoms with Gasteiger partial charge >= 0.3 is 5.97 Å². The second-order valence-corrected chi connectivity index (χ2v) is 6.21. The van der Waals surface area contributed by atoms with E-state index in [1.165, 1.54) is 12.1 Å². The number of rotatable bonds is 5. The van der Waals surface area contributed by atoms with Crippen molar-refractivity contribution < 1.29 is 23.2 Å². The highest BCUT2D eigenvalue weighted by Crippen LogP contribution is 2.48. The van der Waals surface area contributed by atoms with Crippen LogP contribution in [0.1, 0.15) is 6.92 Å². The van der Waals surface area contributed by atoms with Gasteiger partial charge in [-0.2, -0.15) is 0 Å². The van der Waals surface area contributed by atoms with Crippen LogP contribution in [0.5, 0.6) is 5.75 Å². The molecule has 1 heterocycles. The molecule has 0 N–H and O–H groups in total. The number of carbonyl (C=O) groups is 1. The second-order valence-electron chi connectivity index (χ2n) is 5.08. The number of esters is 1. The smallest absolute Gasteiger partial charge is 0.344 e. The third kappa shape index (κ3) is 3.32. The number of benzene rings is 2. The molecule has 5 nitrogen and oxygen atoms in total. The number of aromatic nitrogens is 1. The lowest BCUT2D eigenvalue weighted by Crippen LogP contribution is -2.15. The standard InChI is InChI=1S/C17H11Cl3FNO4/c1-2-24-10(23)7-25-17-13(19)12(18)11-15(22-26-16(11)14(17)20)8-5-3-4-6-9(8)21/h3-6H,2,7H2,1H3. The Morgan fingerprint density at radius 2 is 1.92 bits per heavy atom. The molecule has 0 aliphatic rings. The van der Waals surface area contributed by atoms with Gasteiger partial charge in [0.1, 0.15) is 21.6 Å². The van der Waals surface area contributed by atoms with Crippen molar-refractivity contribution in [1.29, 1.82) is 0 Å². The number of ether oxygens (including phenoxy) is 2. The number of nitrogens with zero attached hydrogens (tertiary/aromatic N) is 1. The zero-order valence-electron chi connectivity index (χ0n) is 13.3. The van der Waals surface area contributed by atoms with Crippen LogP contribution in [0, 0.1) is 5.82 Å². The third-order valence-electron chi connectivity index (χ3n) is 3.47. The topological polar surface area (TPSA) is 61.6 Å². The Labute approximate surface area is 162 Å². The minimum absolute atomic E-state index is 0.0180. The average molecular weight is 419 g/mol. The van der Waals surface area contributed by atoms with Crippen molar-refractivity contribution in [2.75, 3.05) is 13.2 Å². The molecule has 1 aromatic heterocycles. The highest BCUT2D eigenvalue weighted by molar-refractivity contribution is 6.49. The van der Waals surface area contributed by atoms with Gasteiger partial charge in [0, 0.05) is 5.56 Å². The van der Waals surface area contributed by atoms with Crippen LogP contribution in [0.4, 0.5) is 4.39 Å². The van der Waals surface area contributed by atoms with Crippen molar-refractivity contribution in [3.05, 3.63) is 45.2 Å². The molecule has 26 heavy (non-hydrogen) atoms. The molecule has 0 saturated carbocycles. The van der Waals surface area contributed by atoms with E-state index in [2.05, 4.69) is 5.16 Å². The van der Waals surface area contributed by atoms with E-state index in [0.29, 0.717) is 0 Å². The molecular formula is C17H11Cl3FNO4. The Morgan fingerprint density at radius 3 is 2.62 bits per heavy atom. The second kappa shape index (κ2) is 7.70. The van der Waals surface area contributed by atoms with Gasteiger partial charge in [-0.3, -0.25) is 0 Å². The van der Waals surface area contributed by atoms with E-state index in [1.54, 1.807) is 19.1 Å². The number of fused-ring (bicyclic) bond motifs is 1. The van der Waals surface area contributed by atoms with Crippen molar-refractivity contribution in [2.45, 2.75) is 6.92 Å². The Morgan fingerprint density at radius 1 is 1.19 bits per heavy atom. The molecule has 0 radical (unpaired) electrons. The van der Waals surface area contributed by atoms with Gasteiger partial charge in [-0.15, -0.1) is 0 Å². The van der Waals surface area contributed by atoms with Crippen molar-refractivity contribution in [3.63, 3.8) is 0 Å². The Hall–Kier alpha value is -2.02. The maximum absolute atomic E-state index is 14.1. The molecule has 9 heteroatoms. The van der Waals surface area contributed by atoms with Gasteiger partial charge in [0.25, 0.3) is 0 Å². The minimum Gasteiger partial charge on any atom is -0.479 e. The zero-order valence-corrected chi connectivity index (χ0v) is 15.6. The first-order chi connectivity index (χ1) is 12.5. The van der Waals surface area contributed by atoms with Crippen LogP contribution in [0.2, 0.25) is 15.1 Å². The van der Waals surface area contributed by atoms with E-state index in [4.69, 9.17) is 48.8 Å². The molecule has 0 unspecified atom stereocenters. The highest BCUT2D eigenvalue weighted by Gasteiger charge is 2.26. The summed E-state index contributed by atoms with van der Waals surface area (Å²) in [6.45, 7) is 1.46. The predicted molar refractivity (Wildman–Crippen MR) is 96.6 cm³/mol. The molecule has 0 atom stereocenters. The monoisotopic (exact) mass is 417 g/mol. The Balaban J connectivity index is 2.10. The fourth-order valence-corrected chi connectivity index (χ4v) is 3.18. The Kier molecular flexibility index (Phi) is 5.55. The van der Waals surface area contributed by atoms with E-state index in [0.717, 1.165) is 0 Å². The van der Waals surface area contributed by atoms with Crippen LogP contribution >= 0.6 is 34.8 Å². The first-order valence-electron chi connectivity index (χ1n) is 7.44. The van der Waals surface area contributed by atoms with Gasteiger partial charge in [0.2, 0.25) is 0 Å². The number of hydrogen-bond donors (Lipinski definition) is 0. The first kappa shape index (κ1) is 18.8. The normalized spacial score (nSPS) is 11.0. The summed E-state index contributed by atoms with van der Waals surface area (Å²) in [6, 6.07) is 6.00. The fourth-order valence-electron chi connectivity index (χ4n) is 2.35. The molecule has 0 aliphatic carbocycles. The molecule has 0 spiro atoms. The molecule has 136 valence electrons. The van der Waals surface area contributed by atoms with Crippen molar-refractivity contribution in [2.24, 2.45) is 0 Å². The molecule has 0 fully saturated rings. The summed E-state index contributed by atoms with van der Waals surface area (Å²) in [5.74, 6) is -1.15. The number of hydrogen-bond acceptors (Lipinski definition) is 5. The molecule has 0 aliphatic heterocycles. The minimum atomic E-state index is -0.597. The van der Waals surface area contributed by atoms with Gasteiger partial charge in [0.15, 0.2) is 17.9 Å².